The molecular formula is C24H19N5O2. The highest BCUT2D eigenvalue weighted by atomic mass is 16.2. The minimum absolute atomic E-state index is 0.127. The van der Waals surface area contributed by atoms with Crippen LogP contribution < -0.4 is 10.2 Å². The van der Waals surface area contributed by atoms with Gasteiger partial charge in [0.1, 0.15) is 0 Å². The van der Waals surface area contributed by atoms with Gasteiger partial charge in [-0.3, -0.25) is 9.59 Å². The molecule has 31 heavy (non-hydrogen) atoms. The number of amides is 2. The summed E-state index contributed by atoms with van der Waals surface area (Å²) < 4.78 is 1.72. The van der Waals surface area contributed by atoms with Gasteiger partial charge in [-0.05, 0) is 54.1 Å². The van der Waals surface area contributed by atoms with Crippen LogP contribution in [0.15, 0.2) is 73.1 Å². The highest BCUT2D eigenvalue weighted by molar-refractivity contribution is 6.06. The van der Waals surface area contributed by atoms with Gasteiger partial charge in [0.15, 0.2) is 0 Å². The van der Waals surface area contributed by atoms with Crippen LogP contribution in [-0.4, -0.2) is 28.5 Å². The zero-order chi connectivity index (χ0) is 22.0. The van der Waals surface area contributed by atoms with E-state index in [2.05, 4.69) is 16.5 Å². The second-order valence-electron chi connectivity index (χ2n) is 7.08. The quantitative estimate of drug-likeness (QED) is 0.549. The first-order valence-corrected chi connectivity index (χ1v) is 9.60. The molecule has 4 rings (SSSR count). The predicted octanol–water partition coefficient (Wildman–Crippen LogP) is 4.11. The van der Waals surface area contributed by atoms with Gasteiger partial charge in [-0.1, -0.05) is 12.1 Å². The van der Waals surface area contributed by atoms with Crippen LogP contribution in [0.5, 0.6) is 0 Å². The molecule has 0 aliphatic carbocycles. The Labute approximate surface area is 179 Å². The number of aromatic nitrogens is 2. The summed E-state index contributed by atoms with van der Waals surface area (Å²) in [6, 6.07) is 19.9. The van der Waals surface area contributed by atoms with E-state index in [-0.39, 0.29) is 11.8 Å². The number of pyridine rings is 1. The molecule has 0 atom stereocenters. The molecule has 7 heteroatoms. The third kappa shape index (κ3) is 4.00. The van der Waals surface area contributed by atoms with Crippen molar-refractivity contribution in [1.29, 1.82) is 5.26 Å². The molecule has 0 saturated heterocycles. The SMILES string of the molecule is CC(=O)Nc1ccc(-c2cnn3ccc(C(=O)N(C)c4ccc(C#N)cc4)cc23)cc1. The highest BCUT2D eigenvalue weighted by Crippen LogP contribution is 2.27. The molecule has 0 bridgehead atoms. The normalized spacial score (nSPS) is 10.5. The molecule has 2 aromatic carbocycles. The molecule has 2 amide bonds. The molecule has 0 unspecified atom stereocenters. The Morgan fingerprint density at radius 3 is 2.42 bits per heavy atom. The number of nitrogens with one attached hydrogen (secondary N) is 1. The van der Waals surface area contributed by atoms with E-state index in [1.54, 1.807) is 59.2 Å². The van der Waals surface area contributed by atoms with Gasteiger partial charge in [-0.15, -0.1) is 0 Å². The van der Waals surface area contributed by atoms with Crippen LogP contribution in [0.4, 0.5) is 11.4 Å². The lowest BCUT2D eigenvalue weighted by atomic mass is 10.1. The molecule has 0 aliphatic rings. The van der Waals surface area contributed by atoms with E-state index in [1.165, 1.54) is 6.92 Å². The summed E-state index contributed by atoms with van der Waals surface area (Å²) >= 11 is 0. The number of nitrogens with zero attached hydrogens (tertiary/aromatic N) is 4. The Balaban J connectivity index is 1.65. The standard InChI is InChI=1S/C24H19N5O2/c1-16(30)27-20-7-5-18(6-8-20)22-15-26-29-12-11-19(13-23(22)29)24(31)28(2)21-9-3-17(14-25)4-10-21/h3-13,15H,1-2H3,(H,27,30). The second kappa shape index (κ2) is 8.13. The molecule has 0 fully saturated rings. The zero-order valence-corrected chi connectivity index (χ0v) is 17.0. The van der Waals surface area contributed by atoms with Gasteiger partial charge in [0, 0.05) is 42.7 Å². The van der Waals surface area contributed by atoms with Crippen LogP contribution >= 0.6 is 0 Å². The molecule has 0 aliphatic heterocycles. The van der Waals surface area contributed by atoms with Gasteiger partial charge in [0.2, 0.25) is 5.91 Å². The third-order valence-electron chi connectivity index (χ3n) is 4.97. The second-order valence-corrected chi connectivity index (χ2v) is 7.08. The van der Waals surface area contributed by atoms with Crippen molar-refractivity contribution in [2.24, 2.45) is 0 Å². The van der Waals surface area contributed by atoms with Crippen LogP contribution in [0.3, 0.4) is 0 Å². The van der Waals surface area contributed by atoms with Gasteiger partial charge < -0.3 is 10.2 Å². The van der Waals surface area contributed by atoms with Gasteiger partial charge in [-0.2, -0.15) is 10.4 Å². The van der Waals surface area contributed by atoms with Crippen molar-refractivity contribution in [2.45, 2.75) is 6.92 Å². The van der Waals surface area contributed by atoms with Gasteiger partial charge in [-0.25, -0.2) is 4.52 Å². The molecule has 2 heterocycles. The smallest absolute Gasteiger partial charge is 0.258 e. The minimum Gasteiger partial charge on any atom is -0.326 e. The number of carbonyl (C=O) groups excluding carboxylic acids is 2. The predicted molar refractivity (Wildman–Crippen MR) is 119 cm³/mol. The molecule has 4 aromatic rings. The Bertz CT molecular complexity index is 1320. The summed E-state index contributed by atoms with van der Waals surface area (Å²) in [6.45, 7) is 1.46. The number of hydrogen-bond acceptors (Lipinski definition) is 4. The third-order valence-corrected chi connectivity index (χ3v) is 4.97. The van der Waals surface area contributed by atoms with Crippen molar-refractivity contribution >= 4 is 28.7 Å². The number of rotatable bonds is 4. The monoisotopic (exact) mass is 409 g/mol. The van der Waals surface area contributed by atoms with E-state index in [0.717, 1.165) is 16.6 Å². The molecule has 2 aromatic heterocycles. The largest absolute Gasteiger partial charge is 0.326 e. The van der Waals surface area contributed by atoms with Gasteiger partial charge in [0.05, 0.1) is 23.3 Å². The number of benzene rings is 2. The fourth-order valence-electron chi connectivity index (χ4n) is 3.34. The first-order chi connectivity index (χ1) is 15.0. The summed E-state index contributed by atoms with van der Waals surface area (Å²) in [6.07, 6.45) is 3.51. The molecule has 0 saturated carbocycles. The zero-order valence-electron chi connectivity index (χ0n) is 17.0. The maximum Gasteiger partial charge on any atom is 0.258 e. The minimum atomic E-state index is -0.166. The summed E-state index contributed by atoms with van der Waals surface area (Å²) in [4.78, 5) is 25.8. The average molecular weight is 409 g/mol. The maximum atomic E-state index is 13.1. The fourth-order valence-corrected chi connectivity index (χ4v) is 3.34. The molecular weight excluding hydrogens is 390 g/mol. The average Bonchev–Trinajstić information content (AvgIpc) is 3.21. The Morgan fingerprint density at radius 1 is 1.06 bits per heavy atom. The van der Waals surface area contributed by atoms with E-state index in [0.29, 0.717) is 22.5 Å². The topological polar surface area (TPSA) is 90.5 Å². The van der Waals surface area contributed by atoms with Gasteiger partial charge >= 0.3 is 0 Å². The van der Waals surface area contributed by atoms with Crippen molar-refractivity contribution in [3.8, 4) is 17.2 Å². The van der Waals surface area contributed by atoms with Crippen LogP contribution in [0.2, 0.25) is 0 Å². The number of carbonyl (C=O) groups is 2. The Kier molecular flexibility index (Phi) is 5.21. The van der Waals surface area contributed by atoms with Crippen LogP contribution in [0, 0.1) is 11.3 Å². The van der Waals surface area contributed by atoms with E-state index in [1.807, 2.05) is 30.3 Å². The lowest BCUT2D eigenvalue weighted by molar-refractivity contribution is -0.114. The summed E-state index contributed by atoms with van der Waals surface area (Å²) in [5.74, 6) is -0.293. The van der Waals surface area contributed by atoms with Crippen molar-refractivity contribution < 1.29 is 9.59 Å². The van der Waals surface area contributed by atoms with Crippen LogP contribution in [0.1, 0.15) is 22.8 Å². The summed E-state index contributed by atoms with van der Waals surface area (Å²) in [5, 5.41) is 16.1. The Hall–Kier alpha value is -4.44. The molecule has 7 nitrogen and oxygen atoms in total. The number of nitriles is 1. The molecule has 0 radical (unpaired) electrons. The maximum absolute atomic E-state index is 13.1. The molecule has 0 spiro atoms. The van der Waals surface area contributed by atoms with E-state index in [4.69, 9.17) is 5.26 Å². The number of anilines is 2. The van der Waals surface area contributed by atoms with E-state index in [9.17, 15) is 9.59 Å². The van der Waals surface area contributed by atoms with Crippen molar-refractivity contribution in [3.05, 3.63) is 84.2 Å². The summed E-state index contributed by atoms with van der Waals surface area (Å²) in [7, 11) is 1.70. The first kappa shape index (κ1) is 19.9. The lowest BCUT2D eigenvalue weighted by Crippen LogP contribution is -2.26. The van der Waals surface area contributed by atoms with Gasteiger partial charge in [0.25, 0.3) is 5.91 Å². The fraction of sp³-hybridized carbons (Fsp3) is 0.0833. The van der Waals surface area contributed by atoms with Crippen LogP contribution in [-0.2, 0) is 4.79 Å². The van der Waals surface area contributed by atoms with Crippen molar-refractivity contribution in [3.63, 3.8) is 0 Å². The van der Waals surface area contributed by atoms with E-state index < -0.39 is 0 Å². The molecule has 1 N–H and O–H groups in total. The number of fused-ring (bicyclic) bond motifs is 1. The first-order valence-electron chi connectivity index (χ1n) is 9.60. The lowest BCUT2D eigenvalue weighted by Gasteiger charge is -2.17. The summed E-state index contributed by atoms with van der Waals surface area (Å²) in [5.41, 5.74) is 5.08. The highest BCUT2D eigenvalue weighted by Gasteiger charge is 2.16. The van der Waals surface area contributed by atoms with Crippen LogP contribution in [0.25, 0.3) is 16.6 Å². The van der Waals surface area contributed by atoms with Crippen molar-refractivity contribution in [2.75, 3.05) is 17.3 Å². The number of hydrogen-bond donors (Lipinski definition) is 1. The van der Waals surface area contributed by atoms with E-state index >= 15 is 0 Å². The Morgan fingerprint density at radius 2 is 1.77 bits per heavy atom. The van der Waals surface area contributed by atoms with Crippen molar-refractivity contribution in [1.82, 2.24) is 9.61 Å². The molecule has 152 valence electrons.